The highest BCUT2D eigenvalue weighted by Crippen LogP contribution is 2.14. The third-order valence-electron chi connectivity index (χ3n) is 3.11. The van der Waals surface area contributed by atoms with Crippen molar-refractivity contribution >= 4 is 5.97 Å². The van der Waals surface area contributed by atoms with Crippen LogP contribution in [-0.4, -0.2) is 55.4 Å². The number of hydrogen-bond donors (Lipinski definition) is 1. The molecule has 0 fully saturated rings. The van der Waals surface area contributed by atoms with E-state index in [0.29, 0.717) is 19.6 Å². The molecular weight excluding hydrogens is 244 g/mol. The maximum atomic E-state index is 11.7. The number of esters is 1. The summed E-state index contributed by atoms with van der Waals surface area (Å²) in [7, 11) is 2.01. The average molecular weight is 274 g/mol. The third-order valence-corrected chi connectivity index (χ3v) is 3.11. The summed E-state index contributed by atoms with van der Waals surface area (Å²) < 4.78 is 10.5. The molecule has 0 radical (unpaired) electrons. The summed E-state index contributed by atoms with van der Waals surface area (Å²) in [5, 5.41) is 0. The molecule has 0 aliphatic carbocycles. The monoisotopic (exact) mass is 274 g/mol. The molecule has 114 valence electrons. The zero-order valence-electron chi connectivity index (χ0n) is 13.2. The van der Waals surface area contributed by atoms with Crippen molar-refractivity contribution in [3.63, 3.8) is 0 Å². The molecule has 0 spiro atoms. The highest BCUT2D eigenvalue weighted by atomic mass is 16.5. The number of nitrogens with two attached hydrogens (primary N) is 1. The summed E-state index contributed by atoms with van der Waals surface area (Å²) in [4.78, 5) is 13.9. The minimum Gasteiger partial charge on any atom is -0.465 e. The smallest absolute Gasteiger partial charge is 0.325 e. The molecule has 0 heterocycles. The van der Waals surface area contributed by atoms with Gasteiger partial charge in [-0.15, -0.1) is 0 Å². The lowest BCUT2D eigenvalue weighted by atomic mass is 9.94. The number of likely N-dealkylation sites (N-methyl/N-ethyl adjacent to an activating group) is 1. The number of hydrogen-bond acceptors (Lipinski definition) is 5. The first-order chi connectivity index (χ1) is 8.70. The van der Waals surface area contributed by atoms with Gasteiger partial charge in [0.25, 0.3) is 0 Å². The van der Waals surface area contributed by atoms with Crippen LogP contribution in [0.1, 0.15) is 41.0 Å². The molecule has 0 bridgehead atoms. The summed E-state index contributed by atoms with van der Waals surface area (Å²) in [6.45, 7) is 11.4. The molecule has 2 atom stereocenters. The lowest BCUT2D eigenvalue weighted by molar-refractivity contribution is -0.149. The second-order valence-corrected chi connectivity index (χ2v) is 5.59. The van der Waals surface area contributed by atoms with Crippen LogP contribution in [0, 0.1) is 0 Å². The summed E-state index contributed by atoms with van der Waals surface area (Å²) in [5.41, 5.74) is 5.09. The Balaban J connectivity index is 4.19. The molecule has 0 saturated carbocycles. The van der Waals surface area contributed by atoms with Crippen LogP contribution in [0.4, 0.5) is 0 Å². The van der Waals surface area contributed by atoms with Gasteiger partial charge in [-0.3, -0.25) is 4.79 Å². The molecule has 0 saturated heterocycles. The highest BCUT2D eigenvalue weighted by molar-refractivity contribution is 5.80. The van der Waals surface area contributed by atoms with Gasteiger partial charge in [-0.1, -0.05) is 0 Å². The van der Waals surface area contributed by atoms with Crippen molar-refractivity contribution in [2.24, 2.45) is 5.73 Å². The Morgan fingerprint density at radius 1 is 1.37 bits per heavy atom. The lowest BCUT2D eigenvalue weighted by Gasteiger charge is -2.31. The van der Waals surface area contributed by atoms with Crippen molar-refractivity contribution in [2.45, 2.75) is 58.7 Å². The number of carbonyl (C=O) groups is 1. The number of carbonyl (C=O) groups excluding carboxylic acids is 1. The Morgan fingerprint density at radius 3 is 2.42 bits per heavy atom. The SMILES string of the molecule is CCOC(=O)C(C)(N)CC(C)N(C)CCOC(C)C. The quantitative estimate of drug-likeness (QED) is 0.644. The molecule has 5 heteroatoms. The molecule has 0 aromatic carbocycles. The van der Waals surface area contributed by atoms with Gasteiger partial charge in [-0.25, -0.2) is 0 Å². The van der Waals surface area contributed by atoms with Crippen molar-refractivity contribution in [1.29, 1.82) is 0 Å². The van der Waals surface area contributed by atoms with Gasteiger partial charge in [-0.05, 0) is 48.1 Å². The molecule has 0 rings (SSSR count). The van der Waals surface area contributed by atoms with E-state index in [9.17, 15) is 4.79 Å². The van der Waals surface area contributed by atoms with Gasteiger partial charge in [0.1, 0.15) is 5.54 Å². The van der Waals surface area contributed by atoms with Crippen LogP contribution < -0.4 is 5.73 Å². The van der Waals surface area contributed by atoms with E-state index in [-0.39, 0.29) is 18.1 Å². The van der Waals surface area contributed by atoms with Crippen LogP contribution in [0.3, 0.4) is 0 Å². The van der Waals surface area contributed by atoms with E-state index in [1.165, 1.54) is 0 Å². The van der Waals surface area contributed by atoms with Gasteiger partial charge in [0.15, 0.2) is 0 Å². The van der Waals surface area contributed by atoms with Crippen molar-refractivity contribution in [2.75, 3.05) is 26.8 Å². The second-order valence-electron chi connectivity index (χ2n) is 5.59. The maximum Gasteiger partial charge on any atom is 0.325 e. The number of ether oxygens (including phenoxy) is 2. The Morgan fingerprint density at radius 2 is 1.95 bits per heavy atom. The van der Waals surface area contributed by atoms with Gasteiger partial charge in [-0.2, -0.15) is 0 Å². The minimum absolute atomic E-state index is 0.190. The molecule has 5 nitrogen and oxygen atoms in total. The average Bonchev–Trinajstić information content (AvgIpc) is 2.27. The largest absolute Gasteiger partial charge is 0.465 e. The predicted octanol–water partition coefficient (Wildman–Crippen LogP) is 1.40. The van der Waals surface area contributed by atoms with E-state index >= 15 is 0 Å². The van der Waals surface area contributed by atoms with Crippen LogP contribution in [0.2, 0.25) is 0 Å². The fourth-order valence-electron chi connectivity index (χ4n) is 1.80. The van der Waals surface area contributed by atoms with E-state index in [4.69, 9.17) is 15.2 Å². The Hall–Kier alpha value is -0.650. The van der Waals surface area contributed by atoms with Crippen molar-refractivity contribution in [1.82, 2.24) is 4.90 Å². The molecule has 19 heavy (non-hydrogen) atoms. The van der Waals surface area contributed by atoms with E-state index in [1.54, 1.807) is 13.8 Å². The summed E-state index contributed by atoms with van der Waals surface area (Å²) in [5.74, 6) is -0.339. The van der Waals surface area contributed by atoms with E-state index in [2.05, 4.69) is 11.8 Å². The molecule has 2 N–H and O–H groups in total. The first kappa shape index (κ1) is 18.4. The Kier molecular flexibility index (Phi) is 8.22. The lowest BCUT2D eigenvalue weighted by Crippen LogP contribution is -2.50. The van der Waals surface area contributed by atoms with E-state index in [1.807, 2.05) is 20.9 Å². The molecular formula is C14H30N2O3. The van der Waals surface area contributed by atoms with Gasteiger partial charge in [0.05, 0.1) is 19.3 Å². The minimum atomic E-state index is -0.942. The zero-order valence-corrected chi connectivity index (χ0v) is 13.2. The van der Waals surface area contributed by atoms with Crippen molar-refractivity contribution < 1.29 is 14.3 Å². The molecule has 0 aliphatic rings. The van der Waals surface area contributed by atoms with E-state index < -0.39 is 5.54 Å². The molecule has 2 unspecified atom stereocenters. The van der Waals surface area contributed by atoms with Gasteiger partial charge in [0.2, 0.25) is 0 Å². The first-order valence-electron chi connectivity index (χ1n) is 6.98. The normalized spacial score (nSPS) is 16.5. The van der Waals surface area contributed by atoms with Crippen LogP contribution in [0.5, 0.6) is 0 Å². The van der Waals surface area contributed by atoms with Gasteiger partial charge >= 0.3 is 5.97 Å². The van der Waals surface area contributed by atoms with E-state index in [0.717, 1.165) is 6.54 Å². The third kappa shape index (κ3) is 7.50. The molecule has 0 aliphatic heterocycles. The molecule has 0 amide bonds. The standard InChI is InChI=1S/C14H30N2O3/c1-7-18-13(17)14(5,15)10-12(4)16(6)8-9-19-11(2)3/h11-12H,7-10,15H2,1-6H3. The first-order valence-corrected chi connectivity index (χ1v) is 6.98. The van der Waals surface area contributed by atoms with Gasteiger partial charge < -0.3 is 20.1 Å². The van der Waals surface area contributed by atoms with Crippen LogP contribution in [-0.2, 0) is 14.3 Å². The maximum absolute atomic E-state index is 11.7. The fourth-order valence-corrected chi connectivity index (χ4v) is 1.80. The second kappa shape index (κ2) is 8.51. The summed E-state index contributed by atoms with van der Waals surface area (Å²) in [6.07, 6.45) is 0.798. The Bertz CT molecular complexity index is 267. The molecule has 0 aromatic heterocycles. The van der Waals surface area contributed by atoms with Crippen LogP contribution in [0.15, 0.2) is 0 Å². The van der Waals surface area contributed by atoms with Crippen molar-refractivity contribution in [3.8, 4) is 0 Å². The summed E-state index contributed by atoms with van der Waals surface area (Å²) in [6, 6.07) is 0.190. The van der Waals surface area contributed by atoms with Crippen LogP contribution >= 0.6 is 0 Å². The fraction of sp³-hybridized carbons (Fsp3) is 0.929. The highest BCUT2D eigenvalue weighted by Gasteiger charge is 2.32. The Labute approximate surface area is 117 Å². The number of nitrogens with zero attached hydrogens (tertiary/aromatic N) is 1. The molecule has 0 aromatic rings. The van der Waals surface area contributed by atoms with Gasteiger partial charge in [0, 0.05) is 12.6 Å². The zero-order chi connectivity index (χ0) is 15.1. The van der Waals surface area contributed by atoms with Crippen LogP contribution in [0.25, 0.3) is 0 Å². The number of rotatable bonds is 9. The topological polar surface area (TPSA) is 64.8 Å². The van der Waals surface area contributed by atoms with Crippen molar-refractivity contribution in [3.05, 3.63) is 0 Å². The summed E-state index contributed by atoms with van der Waals surface area (Å²) >= 11 is 0. The predicted molar refractivity (Wildman–Crippen MR) is 77.0 cm³/mol.